The van der Waals surface area contributed by atoms with Crippen LogP contribution >= 0.6 is 0 Å². The van der Waals surface area contributed by atoms with Gasteiger partial charge in [0.15, 0.2) is 0 Å². The van der Waals surface area contributed by atoms with E-state index in [4.69, 9.17) is 0 Å². The van der Waals surface area contributed by atoms with Gasteiger partial charge >= 0.3 is 0 Å². The summed E-state index contributed by atoms with van der Waals surface area (Å²) in [6.07, 6.45) is 10.6. The molecular weight excluding hydrogens is 364 g/mol. The van der Waals surface area contributed by atoms with Crippen LogP contribution in [0.3, 0.4) is 0 Å². The second-order valence-corrected chi connectivity index (χ2v) is 10.3. The fourth-order valence-corrected chi connectivity index (χ4v) is 6.21. The van der Waals surface area contributed by atoms with Gasteiger partial charge in [0.25, 0.3) is 10.2 Å². The van der Waals surface area contributed by atoms with E-state index in [1.165, 1.54) is 19.3 Å². The van der Waals surface area contributed by atoms with Gasteiger partial charge in [-0.05, 0) is 25.7 Å². The first-order valence-corrected chi connectivity index (χ1v) is 12.1. The van der Waals surface area contributed by atoms with Crippen LogP contribution in [-0.4, -0.2) is 79.7 Å². The van der Waals surface area contributed by atoms with Crippen LogP contribution in [0.2, 0.25) is 0 Å². The minimum absolute atomic E-state index is 0.133. The van der Waals surface area contributed by atoms with Crippen molar-refractivity contribution in [1.29, 1.82) is 0 Å². The van der Waals surface area contributed by atoms with E-state index in [9.17, 15) is 13.2 Å². The second kappa shape index (κ2) is 9.67. The highest BCUT2D eigenvalue weighted by molar-refractivity contribution is 7.86. The topological polar surface area (TPSA) is 73.0 Å². The number of hydrogen-bond acceptors (Lipinski definition) is 4. The van der Waals surface area contributed by atoms with Gasteiger partial charge < -0.3 is 10.2 Å². The van der Waals surface area contributed by atoms with Gasteiger partial charge in [0.05, 0.1) is 0 Å². The first-order chi connectivity index (χ1) is 13.0. The summed E-state index contributed by atoms with van der Waals surface area (Å²) in [4.78, 5) is 14.3. The molecule has 8 heteroatoms. The number of nitrogens with zero attached hydrogens (tertiary/aromatic N) is 3. The quantitative estimate of drug-likeness (QED) is 0.704. The summed E-state index contributed by atoms with van der Waals surface area (Å²) >= 11 is 0. The van der Waals surface area contributed by atoms with E-state index in [0.717, 1.165) is 38.5 Å². The molecule has 2 saturated carbocycles. The average molecular weight is 401 g/mol. The lowest BCUT2D eigenvalue weighted by molar-refractivity contribution is -0.122. The summed E-state index contributed by atoms with van der Waals surface area (Å²) in [5.41, 5.74) is 0. The molecule has 0 radical (unpaired) electrons. The van der Waals surface area contributed by atoms with Crippen LogP contribution in [0.5, 0.6) is 0 Å². The van der Waals surface area contributed by atoms with Gasteiger partial charge in [0.2, 0.25) is 5.91 Å². The molecule has 0 aromatic heterocycles. The van der Waals surface area contributed by atoms with Crippen molar-refractivity contribution in [2.45, 2.75) is 76.3 Å². The number of carbonyl (C=O) groups is 1. The molecule has 0 unspecified atom stereocenters. The maximum Gasteiger partial charge on any atom is 0.282 e. The van der Waals surface area contributed by atoms with Gasteiger partial charge in [0, 0.05) is 58.3 Å². The van der Waals surface area contributed by atoms with Crippen molar-refractivity contribution in [2.24, 2.45) is 0 Å². The molecule has 0 atom stereocenters. The Morgan fingerprint density at radius 3 is 2.19 bits per heavy atom. The highest BCUT2D eigenvalue weighted by Gasteiger charge is 2.34. The summed E-state index contributed by atoms with van der Waals surface area (Å²) in [6, 6.07) is 0.524. The van der Waals surface area contributed by atoms with Crippen LogP contribution in [-0.2, 0) is 15.0 Å². The van der Waals surface area contributed by atoms with Crippen molar-refractivity contribution in [3.8, 4) is 0 Å². The predicted molar refractivity (Wildman–Crippen MR) is 107 cm³/mol. The smallest absolute Gasteiger partial charge is 0.282 e. The third kappa shape index (κ3) is 5.65. The molecule has 2 aliphatic carbocycles. The molecule has 27 heavy (non-hydrogen) atoms. The van der Waals surface area contributed by atoms with E-state index in [1.54, 1.807) is 15.7 Å². The molecule has 1 heterocycles. The highest BCUT2D eigenvalue weighted by atomic mass is 32.2. The zero-order valence-corrected chi connectivity index (χ0v) is 17.6. The van der Waals surface area contributed by atoms with Crippen LogP contribution in [0.25, 0.3) is 0 Å². The molecule has 0 bridgehead atoms. The van der Waals surface area contributed by atoms with Crippen molar-refractivity contribution < 1.29 is 13.2 Å². The number of amides is 1. The van der Waals surface area contributed by atoms with E-state index in [-0.39, 0.29) is 11.9 Å². The standard InChI is InChI=1S/C19H36N4O3S/c1-21(18-9-3-2-4-10-18)27(25,26)23-15-13-22(14-16-23)12-11-19(24)20-17-7-5-6-8-17/h17-18H,2-16H2,1H3,(H,20,24). The first kappa shape index (κ1) is 21.0. The van der Waals surface area contributed by atoms with Crippen molar-refractivity contribution >= 4 is 16.1 Å². The van der Waals surface area contributed by atoms with E-state index in [0.29, 0.717) is 45.2 Å². The Morgan fingerprint density at radius 2 is 1.56 bits per heavy atom. The average Bonchev–Trinajstić information content (AvgIpc) is 3.19. The normalized spacial score (nSPS) is 24.5. The van der Waals surface area contributed by atoms with Crippen LogP contribution < -0.4 is 5.32 Å². The van der Waals surface area contributed by atoms with Gasteiger partial charge in [-0.25, -0.2) is 0 Å². The summed E-state index contributed by atoms with van der Waals surface area (Å²) in [6.45, 7) is 3.15. The molecule has 3 aliphatic rings. The van der Waals surface area contributed by atoms with Crippen LogP contribution in [0.1, 0.15) is 64.2 Å². The van der Waals surface area contributed by atoms with Gasteiger partial charge in [-0.3, -0.25) is 4.79 Å². The molecule has 7 nitrogen and oxygen atoms in total. The van der Waals surface area contributed by atoms with Gasteiger partial charge in [0.1, 0.15) is 0 Å². The number of carbonyl (C=O) groups excluding carboxylic acids is 1. The summed E-state index contributed by atoms with van der Waals surface area (Å²) in [7, 11) is -1.63. The molecule has 1 N–H and O–H groups in total. The number of rotatable bonds is 7. The maximum absolute atomic E-state index is 12.9. The fourth-order valence-electron chi connectivity index (χ4n) is 4.63. The zero-order valence-electron chi connectivity index (χ0n) is 16.7. The Bertz CT molecular complexity index is 578. The molecule has 1 aliphatic heterocycles. The highest BCUT2D eigenvalue weighted by Crippen LogP contribution is 2.25. The summed E-state index contributed by atoms with van der Waals surface area (Å²) in [5, 5.41) is 3.12. The minimum Gasteiger partial charge on any atom is -0.353 e. The third-order valence-corrected chi connectivity index (χ3v) is 8.53. The van der Waals surface area contributed by atoms with Gasteiger partial charge in [-0.15, -0.1) is 0 Å². The molecule has 3 fully saturated rings. The summed E-state index contributed by atoms with van der Waals surface area (Å²) in [5.74, 6) is 0.133. The number of piperazine rings is 1. The first-order valence-electron chi connectivity index (χ1n) is 10.7. The molecule has 1 saturated heterocycles. The van der Waals surface area contributed by atoms with Crippen molar-refractivity contribution in [1.82, 2.24) is 18.8 Å². The van der Waals surface area contributed by atoms with Gasteiger partial charge in [-0.2, -0.15) is 17.0 Å². The van der Waals surface area contributed by atoms with Crippen molar-refractivity contribution in [3.05, 3.63) is 0 Å². The van der Waals surface area contributed by atoms with Crippen LogP contribution in [0.15, 0.2) is 0 Å². The predicted octanol–water partition coefficient (Wildman–Crippen LogP) is 1.56. The van der Waals surface area contributed by atoms with E-state index in [1.807, 2.05) is 0 Å². The summed E-state index contributed by atoms with van der Waals surface area (Å²) < 4.78 is 29.1. The third-order valence-electron chi connectivity index (χ3n) is 6.49. The lowest BCUT2D eigenvalue weighted by Crippen LogP contribution is -2.54. The molecule has 0 aromatic carbocycles. The molecular formula is C19H36N4O3S. The largest absolute Gasteiger partial charge is 0.353 e. The Kier molecular flexibility index (Phi) is 7.53. The van der Waals surface area contributed by atoms with Gasteiger partial charge in [-0.1, -0.05) is 32.1 Å². The molecule has 3 rings (SSSR count). The molecule has 1 amide bonds. The molecule has 156 valence electrons. The number of nitrogens with one attached hydrogen (secondary N) is 1. The van der Waals surface area contributed by atoms with E-state index >= 15 is 0 Å². The Morgan fingerprint density at radius 1 is 0.963 bits per heavy atom. The van der Waals surface area contributed by atoms with Crippen molar-refractivity contribution in [3.63, 3.8) is 0 Å². The number of hydrogen-bond donors (Lipinski definition) is 1. The van der Waals surface area contributed by atoms with Crippen LogP contribution in [0.4, 0.5) is 0 Å². The Hall–Kier alpha value is -0.700. The minimum atomic E-state index is -3.37. The fraction of sp³-hybridized carbons (Fsp3) is 0.947. The molecule has 0 spiro atoms. The lowest BCUT2D eigenvalue weighted by Gasteiger charge is -2.38. The van der Waals surface area contributed by atoms with Crippen molar-refractivity contribution in [2.75, 3.05) is 39.8 Å². The Labute approximate surface area is 164 Å². The van der Waals surface area contributed by atoms with E-state index < -0.39 is 10.2 Å². The Balaban J connectivity index is 1.40. The maximum atomic E-state index is 12.9. The monoisotopic (exact) mass is 400 g/mol. The van der Waals surface area contributed by atoms with E-state index in [2.05, 4.69) is 10.2 Å². The zero-order chi connectivity index (χ0) is 19.3. The second-order valence-electron chi connectivity index (χ2n) is 8.36. The van der Waals surface area contributed by atoms with Crippen LogP contribution in [0, 0.1) is 0 Å². The lowest BCUT2D eigenvalue weighted by atomic mass is 9.96. The molecule has 0 aromatic rings. The SMILES string of the molecule is CN(C1CCCCC1)S(=O)(=O)N1CCN(CCC(=O)NC2CCCC2)CC1.